The number of hydrogen-bond donors (Lipinski definition) is 0. The van der Waals surface area contributed by atoms with Gasteiger partial charge in [-0.3, -0.25) is 19.3 Å². The van der Waals surface area contributed by atoms with Crippen molar-refractivity contribution in [3.8, 4) is 0 Å². The SMILES string of the molecule is Cc1ccccc1C(=O)N(C1CCN(Cc2ccccc2)CC1)C1CC(=O)N(c2ccc(F)cc2)C1=O. The second kappa shape index (κ2) is 10.6. The molecule has 2 aliphatic heterocycles. The minimum absolute atomic E-state index is 0.0853. The molecule has 1 atom stereocenters. The monoisotopic (exact) mass is 499 g/mol. The Morgan fingerprint density at radius 2 is 1.57 bits per heavy atom. The first-order chi connectivity index (χ1) is 17.9. The second-order valence-electron chi connectivity index (χ2n) is 9.78. The smallest absolute Gasteiger partial charge is 0.257 e. The molecule has 37 heavy (non-hydrogen) atoms. The zero-order valence-electron chi connectivity index (χ0n) is 20.8. The van der Waals surface area contributed by atoms with Crippen molar-refractivity contribution in [2.24, 2.45) is 0 Å². The number of carbonyl (C=O) groups is 3. The van der Waals surface area contributed by atoms with Crippen LogP contribution in [0.5, 0.6) is 0 Å². The number of amides is 3. The third-order valence-corrected chi connectivity index (χ3v) is 7.35. The minimum Gasteiger partial charge on any atom is -0.323 e. The van der Waals surface area contributed by atoms with Gasteiger partial charge in [-0.25, -0.2) is 9.29 Å². The molecule has 0 aromatic heterocycles. The van der Waals surface area contributed by atoms with E-state index < -0.39 is 17.8 Å². The van der Waals surface area contributed by atoms with Crippen LogP contribution in [0.4, 0.5) is 10.1 Å². The Hall–Kier alpha value is -3.84. The quantitative estimate of drug-likeness (QED) is 0.466. The Morgan fingerprint density at radius 3 is 2.24 bits per heavy atom. The molecule has 0 bridgehead atoms. The van der Waals surface area contributed by atoms with Gasteiger partial charge in [-0.15, -0.1) is 0 Å². The van der Waals surface area contributed by atoms with Crippen molar-refractivity contribution in [1.29, 1.82) is 0 Å². The number of hydrogen-bond acceptors (Lipinski definition) is 4. The number of carbonyl (C=O) groups excluding carboxylic acids is 3. The Labute approximate surface area is 216 Å². The van der Waals surface area contributed by atoms with Crippen molar-refractivity contribution >= 4 is 23.4 Å². The van der Waals surface area contributed by atoms with Gasteiger partial charge in [0.05, 0.1) is 12.1 Å². The first-order valence-electron chi connectivity index (χ1n) is 12.7. The lowest BCUT2D eigenvalue weighted by Gasteiger charge is -2.41. The van der Waals surface area contributed by atoms with Gasteiger partial charge >= 0.3 is 0 Å². The summed E-state index contributed by atoms with van der Waals surface area (Å²) >= 11 is 0. The molecule has 6 nitrogen and oxygen atoms in total. The lowest BCUT2D eigenvalue weighted by molar-refractivity contribution is -0.123. The van der Waals surface area contributed by atoms with E-state index >= 15 is 0 Å². The molecule has 0 spiro atoms. The topological polar surface area (TPSA) is 60.9 Å². The summed E-state index contributed by atoms with van der Waals surface area (Å²) in [5.41, 5.74) is 2.92. The van der Waals surface area contributed by atoms with E-state index in [1.807, 2.05) is 43.3 Å². The molecule has 3 amide bonds. The molecule has 0 saturated carbocycles. The number of halogens is 1. The second-order valence-corrected chi connectivity index (χ2v) is 9.78. The van der Waals surface area contributed by atoms with Crippen LogP contribution in [0, 0.1) is 12.7 Å². The van der Waals surface area contributed by atoms with Gasteiger partial charge < -0.3 is 4.90 Å². The molecule has 2 aliphatic rings. The highest BCUT2D eigenvalue weighted by Gasteiger charge is 2.47. The predicted molar refractivity (Wildman–Crippen MR) is 139 cm³/mol. The lowest BCUT2D eigenvalue weighted by atomic mass is 9.97. The van der Waals surface area contributed by atoms with Crippen LogP contribution in [0.2, 0.25) is 0 Å². The third-order valence-electron chi connectivity index (χ3n) is 7.35. The number of benzene rings is 3. The molecule has 0 radical (unpaired) electrons. The Bertz CT molecular complexity index is 1290. The molecule has 5 rings (SSSR count). The predicted octanol–water partition coefficient (Wildman–Crippen LogP) is 4.57. The first kappa shape index (κ1) is 24.8. The average Bonchev–Trinajstić information content (AvgIpc) is 3.20. The van der Waals surface area contributed by atoms with Crippen LogP contribution in [0.1, 0.15) is 40.7 Å². The van der Waals surface area contributed by atoms with E-state index in [9.17, 15) is 18.8 Å². The van der Waals surface area contributed by atoms with Crippen LogP contribution in [0.15, 0.2) is 78.9 Å². The maximum atomic E-state index is 13.9. The fourth-order valence-corrected chi connectivity index (χ4v) is 5.41. The fraction of sp³-hybridized carbons (Fsp3) is 0.300. The van der Waals surface area contributed by atoms with Crippen molar-refractivity contribution in [2.45, 2.75) is 44.8 Å². The summed E-state index contributed by atoms with van der Waals surface area (Å²) in [6.45, 7) is 4.28. The van der Waals surface area contributed by atoms with E-state index in [1.54, 1.807) is 11.0 Å². The number of piperidine rings is 1. The zero-order chi connectivity index (χ0) is 25.9. The molecule has 2 saturated heterocycles. The molecule has 2 heterocycles. The molecule has 0 N–H and O–H groups in total. The Morgan fingerprint density at radius 1 is 0.919 bits per heavy atom. The van der Waals surface area contributed by atoms with Crippen molar-refractivity contribution in [3.05, 3.63) is 101 Å². The highest BCUT2D eigenvalue weighted by molar-refractivity contribution is 6.23. The molecule has 2 fully saturated rings. The van der Waals surface area contributed by atoms with Gasteiger partial charge in [-0.05, 0) is 61.2 Å². The largest absolute Gasteiger partial charge is 0.323 e. The van der Waals surface area contributed by atoms with Crippen molar-refractivity contribution in [1.82, 2.24) is 9.80 Å². The molecule has 0 aliphatic carbocycles. The van der Waals surface area contributed by atoms with Gasteiger partial charge in [0.25, 0.3) is 11.8 Å². The molecule has 3 aromatic carbocycles. The standard InChI is InChI=1S/C30H30FN3O3/c1-21-7-5-6-10-26(21)29(36)33(25-15-17-32(18-16-25)20-22-8-3-2-4-9-22)27-19-28(35)34(30(27)37)24-13-11-23(31)12-14-24/h2-14,25,27H,15-20H2,1H3. The van der Waals surface area contributed by atoms with E-state index in [4.69, 9.17) is 0 Å². The van der Waals surface area contributed by atoms with Crippen molar-refractivity contribution < 1.29 is 18.8 Å². The summed E-state index contributed by atoms with van der Waals surface area (Å²) in [5, 5.41) is 0. The van der Waals surface area contributed by atoms with E-state index in [0.29, 0.717) is 24.1 Å². The van der Waals surface area contributed by atoms with E-state index in [0.717, 1.165) is 30.1 Å². The summed E-state index contributed by atoms with van der Waals surface area (Å²) in [6, 6.07) is 21.8. The van der Waals surface area contributed by atoms with Crippen molar-refractivity contribution in [3.63, 3.8) is 0 Å². The number of likely N-dealkylation sites (tertiary alicyclic amines) is 1. The summed E-state index contributed by atoms with van der Waals surface area (Å²) < 4.78 is 13.5. The number of aryl methyl sites for hydroxylation is 1. The highest BCUT2D eigenvalue weighted by Crippen LogP contribution is 2.31. The van der Waals surface area contributed by atoms with Crippen LogP contribution in [0.25, 0.3) is 0 Å². The number of nitrogens with zero attached hydrogens (tertiary/aromatic N) is 3. The normalized spacial score (nSPS) is 18.9. The van der Waals surface area contributed by atoms with Crippen LogP contribution >= 0.6 is 0 Å². The molecule has 1 unspecified atom stereocenters. The number of anilines is 1. The Balaban J connectivity index is 1.40. The molecular formula is C30H30FN3O3. The van der Waals surface area contributed by atoms with Gasteiger partial charge in [0.2, 0.25) is 5.91 Å². The van der Waals surface area contributed by atoms with Gasteiger partial charge in [0.15, 0.2) is 0 Å². The Kier molecular flexibility index (Phi) is 7.15. The summed E-state index contributed by atoms with van der Waals surface area (Å²) in [4.78, 5) is 45.7. The van der Waals surface area contributed by atoms with Gasteiger partial charge in [0.1, 0.15) is 11.9 Å². The van der Waals surface area contributed by atoms with Crippen molar-refractivity contribution in [2.75, 3.05) is 18.0 Å². The van der Waals surface area contributed by atoms with Crippen LogP contribution in [0.3, 0.4) is 0 Å². The maximum Gasteiger partial charge on any atom is 0.257 e. The zero-order valence-corrected chi connectivity index (χ0v) is 20.8. The van der Waals surface area contributed by atoms with Crippen LogP contribution < -0.4 is 4.90 Å². The molecule has 190 valence electrons. The van der Waals surface area contributed by atoms with Gasteiger partial charge in [-0.1, -0.05) is 48.5 Å². The summed E-state index contributed by atoms with van der Waals surface area (Å²) in [6.07, 6.45) is 1.33. The average molecular weight is 500 g/mol. The molecule has 7 heteroatoms. The highest BCUT2D eigenvalue weighted by atomic mass is 19.1. The fourth-order valence-electron chi connectivity index (χ4n) is 5.41. The first-order valence-corrected chi connectivity index (χ1v) is 12.7. The number of imide groups is 1. The van der Waals surface area contributed by atoms with Gasteiger partial charge in [0, 0.05) is 31.2 Å². The minimum atomic E-state index is -0.893. The van der Waals surface area contributed by atoms with E-state index in [-0.39, 0.29) is 24.3 Å². The lowest BCUT2D eigenvalue weighted by Crippen LogP contribution is -2.54. The molecule has 3 aromatic rings. The van der Waals surface area contributed by atoms with Crippen LogP contribution in [-0.2, 0) is 16.1 Å². The third kappa shape index (κ3) is 5.18. The summed E-state index contributed by atoms with van der Waals surface area (Å²) in [7, 11) is 0. The number of rotatable bonds is 6. The maximum absolute atomic E-state index is 13.9. The van der Waals surface area contributed by atoms with Gasteiger partial charge in [-0.2, -0.15) is 0 Å². The van der Waals surface area contributed by atoms with Crippen LogP contribution in [-0.4, -0.2) is 52.7 Å². The summed E-state index contributed by atoms with van der Waals surface area (Å²) in [5.74, 6) is -1.50. The van der Waals surface area contributed by atoms with E-state index in [1.165, 1.54) is 29.8 Å². The molecular weight excluding hydrogens is 469 g/mol. The van der Waals surface area contributed by atoms with E-state index in [2.05, 4.69) is 17.0 Å².